The zero-order chi connectivity index (χ0) is 13.7. The van der Waals surface area contributed by atoms with Gasteiger partial charge in [-0.3, -0.25) is 4.90 Å². The normalized spacial score (nSPS) is 16.4. The van der Waals surface area contributed by atoms with E-state index in [0.29, 0.717) is 11.8 Å². The van der Waals surface area contributed by atoms with Gasteiger partial charge >= 0.3 is 0 Å². The molecular formula is C16H26Cl2N2O. The minimum absolute atomic E-state index is 0. The van der Waals surface area contributed by atoms with Gasteiger partial charge in [-0.15, -0.1) is 31.4 Å². The summed E-state index contributed by atoms with van der Waals surface area (Å²) in [6.45, 7) is 9.95. The molecule has 1 aromatic rings. The van der Waals surface area contributed by atoms with E-state index in [1.54, 1.807) is 0 Å². The monoisotopic (exact) mass is 332 g/mol. The fourth-order valence-electron chi connectivity index (χ4n) is 2.74. The smallest absolute Gasteiger partial charge is 0.120 e. The fraction of sp³-hybridized carbons (Fsp3) is 0.500. The number of hydrogen-bond donors (Lipinski definition) is 2. The molecule has 1 aliphatic rings. The minimum atomic E-state index is 0. The number of hydrogen-bond acceptors (Lipinski definition) is 3. The van der Waals surface area contributed by atoms with Crippen LogP contribution in [0.5, 0.6) is 5.75 Å². The Kier molecular flexibility index (Phi) is 9.71. The van der Waals surface area contributed by atoms with Gasteiger partial charge in [-0.05, 0) is 31.4 Å². The van der Waals surface area contributed by atoms with Crippen LogP contribution < -0.4 is 5.32 Å². The zero-order valence-electron chi connectivity index (χ0n) is 12.5. The Morgan fingerprint density at radius 1 is 1.33 bits per heavy atom. The summed E-state index contributed by atoms with van der Waals surface area (Å²) in [4.78, 5) is 2.46. The second kappa shape index (κ2) is 10.1. The fourth-order valence-corrected chi connectivity index (χ4v) is 2.74. The third-order valence-corrected chi connectivity index (χ3v) is 3.78. The molecule has 5 heteroatoms. The van der Waals surface area contributed by atoms with Crippen LogP contribution in [0.3, 0.4) is 0 Å². The van der Waals surface area contributed by atoms with Crippen LogP contribution in [0, 0.1) is 6.92 Å². The molecule has 3 nitrogen and oxygen atoms in total. The van der Waals surface area contributed by atoms with Crippen molar-refractivity contribution < 1.29 is 5.11 Å². The van der Waals surface area contributed by atoms with E-state index in [9.17, 15) is 5.11 Å². The largest absolute Gasteiger partial charge is 0.508 e. The van der Waals surface area contributed by atoms with Crippen molar-refractivity contribution in [3.8, 4) is 5.75 Å². The number of benzene rings is 1. The molecule has 0 aliphatic carbocycles. The van der Waals surface area contributed by atoms with Crippen LogP contribution in [0.15, 0.2) is 30.9 Å². The van der Waals surface area contributed by atoms with Gasteiger partial charge in [0.25, 0.3) is 0 Å². The number of allylic oxidation sites excluding steroid dienone is 1. The third kappa shape index (κ3) is 5.51. The molecule has 0 radical (unpaired) electrons. The van der Waals surface area contributed by atoms with Gasteiger partial charge in [0.05, 0.1) is 0 Å². The molecule has 1 saturated heterocycles. The summed E-state index contributed by atoms with van der Waals surface area (Å²) in [5.41, 5.74) is 2.15. The van der Waals surface area contributed by atoms with Gasteiger partial charge in [0, 0.05) is 37.8 Å². The van der Waals surface area contributed by atoms with Crippen molar-refractivity contribution in [1.29, 1.82) is 0 Å². The van der Waals surface area contributed by atoms with Crippen molar-refractivity contribution >= 4 is 24.8 Å². The highest BCUT2D eigenvalue weighted by Crippen LogP contribution is 2.33. The van der Waals surface area contributed by atoms with Crippen LogP contribution in [-0.2, 0) is 0 Å². The molecule has 0 aromatic heterocycles. The number of halogens is 2. The molecule has 0 unspecified atom stereocenters. The van der Waals surface area contributed by atoms with E-state index in [1.807, 2.05) is 19.1 Å². The number of piperazine rings is 1. The zero-order valence-corrected chi connectivity index (χ0v) is 14.2. The molecule has 21 heavy (non-hydrogen) atoms. The van der Waals surface area contributed by atoms with Gasteiger partial charge in [0.2, 0.25) is 0 Å². The first-order chi connectivity index (χ1) is 9.22. The standard InChI is InChI=1S/C16H24N2O.2ClH/c1-3-4-5-15(18-10-8-17-9-11-18)14-7-6-13(2)12-16(14)19;;/h3,6-7,12,15,17,19H,1,4-5,8-11H2,2H3;2*1H/t15-;;/m0../s1. The summed E-state index contributed by atoms with van der Waals surface area (Å²) in [7, 11) is 0. The Bertz CT molecular complexity index is 434. The van der Waals surface area contributed by atoms with Gasteiger partial charge in [0.15, 0.2) is 0 Å². The molecule has 120 valence electrons. The Morgan fingerprint density at radius 3 is 2.57 bits per heavy atom. The lowest BCUT2D eigenvalue weighted by molar-refractivity contribution is 0.163. The van der Waals surface area contributed by atoms with E-state index in [0.717, 1.165) is 50.1 Å². The summed E-state index contributed by atoms with van der Waals surface area (Å²) >= 11 is 0. The third-order valence-electron chi connectivity index (χ3n) is 3.78. The Morgan fingerprint density at radius 2 is 2.00 bits per heavy atom. The highest BCUT2D eigenvalue weighted by Gasteiger charge is 2.23. The van der Waals surface area contributed by atoms with Crippen LogP contribution in [0.25, 0.3) is 0 Å². The van der Waals surface area contributed by atoms with E-state index in [1.165, 1.54) is 0 Å². The van der Waals surface area contributed by atoms with Gasteiger partial charge in [-0.2, -0.15) is 0 Å². The van der Waals surface area contributed by atoms with E-state index in [-0.39, 0.29) is 24.8 Å². The lowest BCUT2D eigenvalue weighted by atomic mass is 9.97. The first-order valence-electron chi connectivity index (χ1n) is 7.07. The molecule has 1 aliphatic heterocycles. The van der Waals surface area contributed by atoms with Crippen molar-refractivity contribution in [2.24, 2.45) is 0 Å². The average Bonchev–Trinajstić information content (AvgIpc) is 2.42. The van der Waals surface area contributed by atoms with Crippen LogP contribution in [0.1, 0.15) is 30.0 Å². The SMILES string of the molecule is C=CCC[C@@H](c1ccc(C)cc1O)N1CCNCC1.Cl.Cl. The molecule has 1 heterocycles. The lowest BCUT2D eigenvalue weighted by Crippen LogP contribution is -2.45. The number of phenolic OH excluding ortho intramolecular Hbond substituents is 1. The topological polar surface area (TPSA) is 35.5 Å². The molecule has 0 spiro atoms. The van der Waals surface area contributed by atoms with E-state index in [2.05, 4.69) is 28.9 Å². The summed E-state index contributed by atoms with van der Waals surface area (Å²) in [6.07, 6.45) is 3.95. The van der Waals surface area contributed by atoms with Crippen molar-refractivity contribution in [1.82, 2.24) is 10.2 Å². The van der Waals surface area contributed by atoms with E-state index in [4.69, 9.17) is 0 Å². The molecule has 0 saturated carbocycles. The number of aryl methyl sites for hydroxylation is 1. The Hall–Kier alpha value is -0.740. The number of nitrogens with one attached hydrogen (secondary N) is 1. The van der Waals surface area contributed by atoms with E-state index >= 15 is 0 Å². The molecular weight excluding hydrogens is 307 g/mol. The maximum atomic E-state index is 10.2. The van der Waals surface area contributed by atoms with Crippen molar-refractivity contribution in [2.45, 2.75) is 25.8 Å². The van der Waals surface area contributed by atoms with E-state index < -0.39 is 0 Å². The summed E-state index contributed by atoms with van der Waals surface area (Å²) in [6, 6.07) is 6.30. The quantitative estimate of drug-likeness (QED) is 0.810. The van der Waals surface area contributed by atoms with Gasteiger partial charge in [-0.1, -0.05) is 18.2 Å². The highest BCUT2D eigenvalue weighted by atomic mass is 35.5. The molecule has 2 N–H and O–H groups in total. The maximum absolute atomic E-state index is 10.2. The van der Waals surface area contributed by atoms with Crippen molar-refractivity contribution in [3.63, 3.8) is 0 Å². The maximum Gasteiger partial charge on any atom is 0.120 e. The second-order valence-corrected chi connectivity index (χ2v) is 5.23. The Labute approximate surface area is 140 Å². The van der Waals surface area contributed by atoms with Crippen molar-refractivity contribution in [2.75, 3.05) is 26.2 Å². The van der Waals surface area contributed by atoms with Crippen LogP contribution in [-0.4, -0.2) is 36.2 Å². The molecule has 1 atom stereocenters. The highest BCUT2D eigenvalue weighted by molar-refractivity contribution is 5.85. The summed E-state index contributed by atoms with van der Waals surface area (Å²) in [5.74, 6) is 0.424. The van der Waals surface area contributed by atoms with Crippen LogP contribution in [0.4, 0.5) is 0 Å². The van der Waals surface area contributed by atoms with Crippen molar-refractivity contribution in [3.05, 3.63) is 42.0 Å². The number of nitrogens with zero attached hydrogens (tertiary/aromatic N) is 1. The minimum Gasteiger partial charge on any atom is -0.508 e. The van der Waals surface area contributed by atoms with Gasteiger partial charge in [0.1, 0.15) is 5.75 Å². The second-order valence-electron chi connectivity index (χ2n) is 5.23. The molecule has 0 amide bonds. The number of aromatic hydroxyl groups is 1. The molecule has 1 aromatic carbocycles. The first-order valence-corrected chi connectivity index (χ1v) is 7.07. The molecule has 1 fully saturated rings. The predicted octanol–water partition coefficient (Wildman–Crippen LogP) is 3.46. The molecule has 0 bridgehead atoms. The Balaban J connectivity index is 0.00000200. The van der Waals surface area contributed by atoms with Gasteiger partial charge < -0.3 is 10.4 Å². The predicted molar refractivity (Wildman–Crippen MR) is 94.0 cm³/mol. The average molecular weight is 333 g/mol. The number of phenols is 1. The first kappa shape index (κ1) is 20.3. The van der Waals surface area contributed by atoms with Crippen LogP contribution >= 0.6 is 24.8 Å². The lowest BCUT2D eigenvalue weighted by Gasteiger charge is -2.35. The number of rotatable bonds is 5. The molecule has 2 rings (SSSR count). The van der Waals surface area contributed by atoms with Crippen LogP contribution in [0.2, 0.25) is 0 Å². The van der Waals surface area contributed by atoms with Gasteiger partial charge in [-0.25, -0.2) is 0 Å². The summed E-state index contributed by atoms with van der Waals surface area (Å²) < 4.78 is 0. The summed E-state index contributed by atoms with van der Waals surface area (Å²) in [5, 5.41) is 13.6.